The van der Waals surface area contributed by atoms with Crippen LogP contribution in [0.25, 0.3) is 0 Å². The molecule has 0 spiro atoms. The fraction of sp³-hybridized carbons (Fsp3) is 0.538. The van der Waals surface area contributed by atoms with Crippen LogP contribution in [0.4, 0.5) is 18.9 Å². The molecule has 0 unspecified atom stereocenters. The van der Waals surface area contributed by atoms with Crippen LogP contribution in [0.2, 0.25) is 0 Å². The van der Waals surface area contributed by atoms with Crippen LogP contribution in [0, 0.1) is 17.5 Å². The highest BCUT2D eigenvalue weighted by Crippen LogP contribution is 2.20. The van der Waals surface area contributed by atoms with Crippen molar-refractivity contribution >= 4 is 5.69 Å². The molecular formula is C13H18F3N. The number of benzene rings is 1. The first-order valence-corrected chi connectivity index (χ1v) is 6.03. The van der Waals surface area contributed by atoms with E-state index in [2.05, 4.69) is 12.2 Å². The Bertz CT molecular complexity index is 330. The number of halogens is 3. The summed E-state index contributed by atoms with van der Waals surface area (Å²) in [6.45, 7) is 2.63. The summed E-state index contributed by atoms with van der Waals surface area (Å²) in [5.74, 6) is -2.65. The lowest BCUT2D eigenvalue weighted by Crippen LogP contribution is -2.06. The van der Waals surface area contributed by atoms with Crippen molar-refractivity contribution in [3.8, 4) is 0 Å². The Morgan fingerprint density at radius 3 is 2.12 bits per heavy atom. The first kappa shape index (κ1) is 13.9. The normalized spacial score (nSPS) is 10.6. The van der Waals surface area contributed by atoms with Gasteiger partial charge in [0.15, 0.2) is 11.6 Å². The molecule has 0 aromatic heterocycles. The lowest BCUT2D eigenvalue weighted by Gasteiger charge is -2.08. The lowest BCUT2D eigenvalue weighted by molar-refractivity contribution is 0.546. The fourth-order valence-corrected chi connectivity index (χ4v) is 1.65. The van der Waals surface area contributed by atoms with Gasteiger partial charge in [0, 0.05) is 18.7 Å². The highest BCUT2D eigenvalue weighted by atomic mass is 19.1. The van der Waals surface area contributed by atoms with Gasteiger partial charge >= 0.3 is 0 Å². The van der Waals surface area contributed by atoms with Crippen LogP contribution in [0.5, 0.6) is 0 Å². The maximum Gasteiger partial charge on any atom is 0.152 e. The predicted octanol–water partition coefficient (Wildman–Crippen LogP) is 4.49. The fourth-order valence-electron chi connectivity index (χ4n) is 1.65. The van der Waals surface area contributed by atoms with Gasteiger partial charge in [0.25, 0.3) is 0 Å². The van der Waals surface area contributed by atoms with E-state index >= 15 is 0 Å². The molecule has 0 saturated heterocycles. The van der Waals surface area contributed by atoms with Crippen molar-refractivity contribution in [1.82, 2.24) is 0 Å². The van der Waals surface area contributed by atoms with Crippen molar-refractivity contribution in [1.29, 1.82) is 0 Å². The third-order valence-corrected chi connectivity index (χ3v) is 2.59. The average molecular weight is 245 g/mol. The largest absolute Gasteiger partial charge is 0.380 e. The summed E-state index contributed by atoms with van der Waals surface area (Å²) in [6, 6.07) is 1.37. The third kappa shape index (κ3) is 4.67. The van der Waals surface area contributed by atoms with E-state index in [1.807, 2.05) is 0 Å². The van der Waals surface area contributed by atoms with E-state index in [1.54, 1.807) is 0 Å². The van der Waals surface area contributed by atoms with Crippen LogP contribution < -0.4 is 5.32 Å². The van der Waals surface area contributed by atoms with Crippen molar-refractivity contribution in [2.75, 3.05) is 11.9 Å². The van der Waals surface area contributed by atoms with Gasteiger partial charge in [-0.05, 0) is 6.42 Å². The van der Waals surface area contributed by atoms with E-state index < -0.39 is 17.5 Å². The molecule has 0 aliphatic rings. The SMILES string of the molecule is CCCCCCCNc1c(F)cc(F)cc1F. The Kier molecular flexibility index (Phi) is 5.87. The first-order valence-electron chi connectivity index (χ1n) is 6.03. The van der Waals surface area contributed by atoms with Gasteiger partial charge in [-0.1, -0.05) is 32.6 Å². The molecule has 0 amide bonds. The van der Waals surface area contributed by atoms with Gasteiger partial charge in [-0.2, -0.15) is 0 Å². The molecule has 0 fully saturated rings. The van der Waals surface area contributed by atoms with Gasteiger partial charge < -0.3 is 5.32 Å². The highest BCUT2D eigenvalue weighted by Gasteiger charge is 2.10. The monoisotopic (exact) mass is 245 g/mol. The summed E-state index contributed by atoms with van der Waals surface area (Å²) < 4.78 is 39.0. The Labute approximate surface area is 100 Å². The molecular weight excluding hydrogens is 227 g/mol. The number of rotatable bonds is 7. The molecule has 0 aliphatic heterocycles. The third-order valence-electron chi connectivity index (χ3n) is 2.59. The second-order valence-electron chi connectivity index (χ2n) is 4.09. The van der Waals surface area contributed by atoms with Gasteiger partial charge in [0.05, 0.1) is 0 Å². The number of anilines is 1. The van der Waals surface area contributed by atoms with Crippen molar-refractivity contribution < 1.29 is 13.2 Å². The van der Waals surface area contributed by atoms with E-state index in [-0.39, 0.29) is 5.69 Å². The van der Waals surface area contributed by atoms with Gasteiger partial charge in [0.2, 0.25) is 0 Å². The summed E-state index contributed by atoms with van der Waals surface area (Å²) in [5, 5.41) is 2.67. The second kappa shape index (κ2) is 7.20. The molecule has 1 aromatic rings. The molecule has 1 N–H and O–H groups in total. The molecule has 96 valence electrons. The second-order valence-corrected chi connectivity index (χ2v) is 4.09. The first-order chi connectivity index (χ1) is 8.15. The molecule has 1 nitrogen and oxygen atoms in total. The Balaban J connectivity index is 2.36. The smallest absolute Gasteiger partial charge is 0.152 e. The maximum atomic E-state index is 13.2. The number of hydrogen-bond donors (Lipinski definition) is 1. The van der Waals surface area contributed by atoms with Crippen LogP contribution in [-0.4, -0.2) is 6.54 Å². The summed E-state index contributed by atoms with van der Waals surface area (Å²) in [7, 11) is 0. The minimum absolute atomic E-state index is 0.234. The number of nitrogens with one attached hydrogen (secondary N) is 1. The van der Waals surface area contributed by atoms with Crippen molar-refractivity contribution in [3.05, 3.63) is 29.6 Å². The Morgan fingerprint density at radius 1 is 0.941 bits per heavy atom. The molecule has 17 heavy (non-hydrogen) atoms. The van der Waals surface area contributed by atoms with E-state index in [0.717, 1.165) is 25.7 Å². The highest BCUT2D eigenvalue weighted by molar-refractivity contribution is 5.46. The lowest BCUT2D eigenvalue weighted by atomic mass is 10.1. The van der Waals surface area contributed by atoms with Gasteiger partial charge in [0.1, 0.15) is 11.5 Å². The predicted molar refractivity (Wildman–Crippen MR) is 63.6 cm³/mol. The molecule has 4 heteroatoms. The van der Waals surface area contributed by atoms with Crippen molar-refractivity contribution in [2.24, 2.45) is 0 Å². The minimum atomic E-state index is -0.895. The van der Waals surface area contributed by atoms with Crippen molar-refractivity contribution in [2.45, 2.75) is 39.0 Å². The van der Waals surface area contributed by atoms with Crippen LogP contribution in [-0.2, 0) is 0 Å². The molecule has 0 heterocycles. The van der Waals surface area contributed by atoms with E-state index in [4.69, 9.17) is 0 Å². The Morgan fingerprint density at radius 2 is 1.53 bits per heavy atom. The summed E-state index contributed by atoms with van der Waals surface area (Å²) in [6.07, 6.45) is 5.36. The Hall–Kier alpha value is -1.19. The van der Waals surface area contributed by atoms with Crippen LogP contribution in [0.3, 0.4) is 0 Å². The summed E-state index contributed by atoms with van der Waals surface area (Å²) in [5.41, 5.74) is -0.234. The summed E-state index contributed by atoms with van der Waals surface area (Å²) >= 11 is 0. The molecule has 1 rings (SSSR count). The van der Waals surface area contributed by atoms with Crippen LogP contribution >= 0.6 is 0 Å². The maximum absolute atomic E-state index is 13.2. The number of hydrogen-bond acceptors (Lipinski definition) is 1. The zero-order valence-corrected chi connectivity index (χ0v) is 10.0. The quantitative estimate of drug-likeness (QED) is 0.698. The minimum Gasteiger partial charge on any atom is -0.380 e. The van der Waals surface area contributed by atoms with Gasteiger partial charge in [-0.25, -0.2) is 13.2 Å². The number of unbranched alkanes of at least 4 members (excludes halogenated alkanes) is 4. The van der Waals surface area contributed by atoms with Crippen molar-refractivity contribution in [3.63, 3.8) is 0 Å². The standard InChI is InChI=1S/C13H18F3N/c1-2-3-4-5-6-7-17-13-11(15)8-10(14)9-12(13)16/h8-9,17H,2-7H2,1H3. The van der Waals surface area contributed by atoms with Crippen LogP contribution in [0.15, 0.2) is 12.1 Å². The zero-order valence-electron chi connectivity index (χ0n) is 10.0. The van der Waals surface area contributed by atoms with E-state index in [1.165, 1.54) is 6.42 Å². The molecule has 0 aliphatic carbocycles. The molecule has 0 saturated carbocycles. The zero-order chi connectivity index (χ0) is 12.7. The van der Waals surface area contributed by atoms with Gasteiger partial charge in [-0.15, -0.1) is 0 Å². The molecule has 0 bridgehead atoms. The van der Waals surface area contributed by atoms with Gasteiger partial charge in [-0.3, -0.25) is 0 Å². The van der Waals surface area contributed by atoms with E-state index in [0.29, 0.717) is 18.7 Å². The molecule has 1 aromatic carbocycles. The molecule has 0 radical (unpaired) electrons. The topological polar surface area (TPSA) is 12.0 Å². The average Bonchev–Trinajstić information content (AvgIpc) is 2.26. The van der Waals surface area contributed by atoms with E-state index in [9.17, 15) is 13.2 Å². The summed E-state index contributed by atoms with van der Waals surface area (Å²) in [4.78, 5) is 0. The molecule has 0 atom stereocenters. The van der Waals surface area contributed by atoms with Crippen LogP contribution in [0.1, 0.15) is 39.0 Å².